The Labute approximate surface area is 114 Å². The summed E-state index contributed by atoms with van der Waals surface area (Å²) in [5, 5.41) is 3.29. The number of aromatic nitrogens is 1. The van der Waals surface area contributed by atoms with Crippen molar-refractivity contribution in [3.8, 4) is 11.6 Å². The summed E-state index contributed by atoms with van der Waals surface area (Å²) in [5.41, 5.74) is 3.56. The van der Waals surface area contributed by atoms with Crippen LogP contribution in [0, 0.1) is 13.8 Å². The summed E-state index contributed by atoms with van der Waals surface area (Å²) >= 11 is 0. The zero-order chi connectivity index (χ0) is 13.7. The number of benzene rings is 1. The quantitative estimate of drug-likeness (QED) is 0.887. The predicted octanol–water partition coefficient (Wildman–Crippen LogP) is 3.60. The highest BCUT2D eigenvalue weighted by Crippen LogP contribution is 2.22. The van der Waals surface area contributed by atoms with Gasteiger partial charge in [-0.25, -0.2) is 4.98 Å². The van der Waals surface area contributed by atoms with E-state index in [0.717, 1.165) is 18.8 Å². The Morgan fingerprint density at radius 1 is 1.11 bits per heavy atom. The number of pyridine rings is 1. The lowest BCUT2D eigenvalue weighted by Crippen LogP contribution is -2.11. The molecule has 0 fully saturated rings. The van der Waals surface area contributed by atoms with Crippen molar-refractivity contribution < 1.29 is 4.74 Å². The van der Waals surface area contributed by atoms with Gasteiger partial charge in [0.25, 0.3) is 0 Å². The number of ether oxygens (including phenoxy) is 1. The van der Waals surface area contributed by atoms with E-state index in [1.54, 1.807) is 6.20 Å². The van der Waals surface area contributed by atoms with E-state index >= 15 is 0 Å². The van der Waals surface area contributed by atoms with Crippen LogP contribution in [0.25, 0.3) is 0 Å². The summed E-state index contributed by atoms with van der Waals surface area (Å²) in [6.45, 7) is 8.01. The van der Waals surface area contributed by atoms with E-state index in [1.165, 1.54) is 16.7 Å². The highest BCUT2D eigenvalue weighted by atomic mass is 16.5. The summed E-state index contributed by atoms with van der Waals surface area (Å²) in [5.74, 6) is 1.48. The van der Waals surface area contributed by atoms with Gasteiger partial charge in [-0.05, 0) is 55.3 Å². The highest BCUT2D eigenvalue weighted by Gasteiger charge is 2.02. The maximum atomic E-state index is 5.82. The van der Waals surface area contributed by atoms with E-state index in [-0.39, 0.29) is 0 Å². The van der Waals surface area contributed by atoms with Crippen molar-refractivity contribution in [1.29, 1.82) is 0 Å². The van der Waals surface area contributed by atoms with Crippen LogP contribution >= 0.6 is 0 Å². The third-order valence-electron chi connectivity index (χ3n) is 2.80. The monoisotopic (exact) mass is 256 g/mol. The molecule has 0 unspecified atom stereocenters. The van der Waals surface area contributed by atoms with Crippen molar-refractivity contribution >= 4 is 0 Å². The Morgan fingerprint density at radius 3 is 2.53 bits per heavy atom. The molecule has 2 rings (SSSR count). The van der Waals surface area contributed by atoms with Gasteiger partial charge in [-0.1, -0.05) is 13.0 Å². The van der Waals surface area contributed by atoms with Crippen molar-refractivity contribution in [3.63, 3.8) is 0 Å². The van der Waals surface area contributed by atoms with Gasteiger partial charge in [0.15, 0.2) is 0 Å². The van der Waals surface area contributed by atoms with Crippen LogP contribution in [0.2, 0.25) is 0 Å². The molecule has 1 aromatic carbocycles. The maximum Gasteiger partial charge on any atom is 0.219 e. The minimum absolute atomic E-state index is 0.639. The molecule has 1 aromatic heterocycles. The maximum absolute atomic E-state index is 5.82. The van der Waals surface area contributed by atoms with Crippen LogP contribution in [0.1, 0.15) is 23.6 Å². The van der Waals surface area contributed by atoms with E-state index in [2.05, 4.69) is 37.1 Å². The van der Waals surface area contributed by atoms with E-state index in [9.17, 15) is 0 Å². The van der Waals surface area contributed by atoms with Gasteiger partial charge < -0.3 is 10.1 Å². The fourth-order valence-electron chi connectivity index (χ4n) is 2.00. The Morgan fingerprint density at radius 2 is 1.84 bits per heavy atom. The smallest absolute Gasteiger partial charge is 0.219 e. The van der Waals surface area contributed by atoms with Crippen LogP contribution in [-0.2, 0) is 6.54 Å². The molecule has 0 spiro atoms. The molecule has 2 aromatic rings. The number of hydrogen-bond donors (Lipinski definition) is 1. The lowest BCUT2D eigenvalue weighted by atomic mass is 10.1. The van der Waals surface area contributed by atoms with E-state index in [0.29, 0.717) is 5.88 Å². The molecular weight excluding hydrogens is 236 g/mol. The van der Waals surface area contributed by atoms with Gasteiger partial charge in [0.1, 0.15) is 5.75 Å². The number of rotatable bonds is 5. The van der Waals surface area contributed by atoms with Crippen molar-refractivity contribution in [1.82, 2.24) is 10.3 Å². The van der Waals surface area contributed by atoms with Crippen molar-refractivity contribution in [2.75, 3.05) is 6.54 Å². The summed E-state index contributed by atoms with van der Waals surface area (Å²) in [4.78, 5) is 4.25. The zero-order valence-electron chi connectivity index (χ0n) is 11.7. The number of nitrogens with one attached hydrogen (secondary N) is 1. The first kappa shape index (κ1) is 13.6. The molecular formula is C16H20N2O. The highest BCUT2D eigenvalue weighted by molar-refractivity contribution is 5.35. The number of hydrogen-bond acceptors (Lipinski definition) is 3. The first-order chi connectivity index (χ1) is 9.17. The van der Waals surface area contributed by atoms with Crippen LogP contribution in [0.4, 0.5) is 0 Å². The Bertz CT molecular complexity index is 532. The second-order valence-electron chi connectivity index (χ2n) is 4.71. The minimum atomic E-state index is 0.639. The normalized spacial score (nSPS) is 10.5. The van der Waals surface area contributed by atoms with E-state index in [4.69, 9.17) is 4.74 Å². The van der Waals surface area contributed by atoms with Crippen LogP contribution in [-0.4, -0.2) is 11.5 Å². The van der Waals surface area contributed by atoms with E-state index < -0.39 is 0 Å². The van der Waals surface area contributed by atoms with Crippen LogP contribution in [0.15, 0.2) is 36.5 Å². The van der Waals surface area contributed by atoms with Gasteiger partial charge in [0.2, 0.25) is 5.88 Å². The third kappa shape index (κ3) is 4.07. The molecule has 1 N–H and O–H groups in total. The molecule has 0 aliphatic carbocycles. The molecule has 0 aliphatic rings. The standard InChI is InChI=1S/C16H20N2O/c1-4-17-11-14-5-6-18-16(10-14)19-15-8-12(2)7-13(3)9-15/h5-10,17H,4,11H2,1-3H3. The average molecular weight is 256 g/mol. The number of aryl methyl sites for hydroxylation is 2. The SMILES string of the molecule is CCNCc1ccnc(Oc2cc(C)cc(C)c2)c1. The topological polar surface area (TPSA) is 34.2 Å². The fraction of sp³-hybridized carbons (Fsp3) is 0.312. The summed E-state index contributed by atoms with van der Waals surface area (Å²) in [7, 11) is 0. The molecule has 0 bridgehead atoms. The first-order valence-corrected chi connectivity index (χ1v) is 6.59. The lowest BCUT2D eigenvalue weighted by molar-refractivity contribution is 0.461. The molecule has 100 valence electrons. The summed E-state index contributed by atoms with van der Waals surface area (Å²) in [6, 6.07) is 10.1. The molecule has 0 amide bonds. The Balaban J connectivity index is 2.13. The third-order valence-corrected chi connectivity index (χ3v) is 2.80. The van der Waals surface area contributed by atoms with Crippen molar-refractivity contribution in [3.05, 3.63) is 53.2 Å². The van der Waals surface area contributed by atoms with Gasteiger partial charge in [-0.2, -0.15) is 0 Å². The van der Waals surface area contributed by atoms with E-state index in [1.807, 2.05) is 24.3 Å². The molecule has 1 heterocycles. The largest absolute Gasteiger partial charge is 0.439 e. The van der Waals surface area contributed by atoms with Gasteiger partial charge >= 0.3 is 0 Å². The van der Waals surface area contributed by atoms with Crippen LogP contribution in [0.3, 0.4) is 0 Å². The van der Waals surface area contributed by atoms with Crippen LogP contribution < -0.4 is 10.1 Å². The van der Waals surface area contributed by atoms with Crippen LogP contribution in [0.5, 0.6) is 11.6 Å². The lowest BCUT2D eigenvalue weighted by Gasteiger charge is -2.08. The summed E-state index contributed by atoms with van der Waals surface area (Å²) < 4.78 is 5.82. The minimum Gasteiger partial charge on any atom is -0.439 e. The zero-order valence-corrected chi connectivity index (χ0v) is 11.7. The summed E-state index contributed by atoms with van der Waals surface area (Å²) in [6.07, 6.45) is 1.78. The van der Waals surface area contributed by atoms with Gasteiger partial charge in [-0.3, -0.25) is 0 Å². The second-order valence-corrected chi connectivity index (χ2v) is 4.71. The first-order valence-electron chi connectivity index (χ1n) is 6.59. The molecule has 0 saturated carbocycles. The average Bonchev–Trinajstić information content (AvgIpc) is 2.35. The predicted molar refractivity (Wildman–Crippen MR) is 77.6 cm³/mol. The Kier molecular flexibility index (Phi) is 4.53. The molecule has 0 saturated heterocycles. The fourth-order valence-corrected chi connectivity index (χ4v) is 2.00. The Hall–Kier alpha value is -1.87. The number of nitrogens with zero attached hydrogens (tertiary/aromatic N) is 1. The molecule has 3 nitrogen and oxygen atoms in total. The molecule has 0 atom stereocenters. The molecule has 0 radical (unpaired) electrons. The van der Waals surface area contributed by atoms with Gasteiger partial charge in [0, 0.05) is 18.8 Å². The van der Waals surface area contributed by atoms with Gasteiger partial charge in [0.05, 0.1) is 0 Å². The second kappa shape index (κ2) is 6.34. The molecule has 0 aliphatic heterocycles. The van der Waals surface area contributed by atoms with Crippen molar-refractivity contribution in [2.45, 2.75) is 27.3 Å². The van der Waals surface area contributed by atoms with Gasteiger partial charge in [-0.15, -0.1) is 0 Å². The van der Waals surface area contributed by atoms with Crippen molar-refractivity contribution in [2.24, 2.45) is 0 Å². The molecule has 19 heavy (non-hydrogen) atoms. The molecule has 3 heteroatoms.